The number of urea groups is 1. The minimum absolute atomic E-state index is 0.172. The van der Waals surface area contributed by atoms with Gasteiger partial charge in [-0.25, -0.2) is 4.79 Å². The van der Waals surface area contributed by atoms with E-state index in [1.165, 1.54) is 43.2 Å². The first kappa shape index (κ1) is 27.4. The molecule has 1 aromatic heterocycles. The second kappa shape index (κ2) is 13.8. The summed E-state index contributed by atoms with van der Waals surface area (Å²) in [6.07, 6.45) is 10.2. The molecule has 1 aliphatic rings. The number of amides is 2. The summed E-state index contributed by atoms with van der Waals surface area (Å²) in [5.41, 5.74) is 6.37. The van der Waals surface area contributed by atoms with Crippen molar-refractivity contribution >= 4 is 11.7 Å². The lowest BCUT2D eigenvalue weighted by atomic mass is 9.95. The van der Waals surface area contributed by atoms with Gasteiger partial charge < -0.3 is 20.3 Å². The van der Waals surface area contributed by atoms with Crippen LogP contribution < -0.4 is 15.4 Å². The van der Waals surface area contributed by atoms with Crippen LogP contribution in [0.5, 0.6) is 5.75 Å². The van der Waals surface area contributed by atoms with Crippen LogP contribution in [-0.4, -0.2) is 29.1 Å². The Morgan fingerprint density at radius 3 is 2.33 bits per heavy atom. The Hall–Kier alpha value is -4.16. The van der Waals surface area contributed by atoms with E-state index in [-0.39, 0.29) is 6.03 Å². The highest BCUT2D eigenvalue weighted by Crippen LogP contribution is 2.24. The van der Waals surface area contributed by atoms with Crippen LogP contribution in [0.3, 0.4) is 0 Å². The summed E-state index contributed by atoms with van der Waals surface area (Å²) in [6.45, 7) is 1.83. The molecule has 1 fully saturated rings. The number of methoxy groups -OCH3 is 1. The number of hydrogen-bond donors (Lipinski definition) is 2. The number of anilines is 1. The van der Waals surface area contributed by atoms with Gasteiger partial charge in [-0.15, -0.1) is 0 Å². The lowest BCUT2D eigenvalue weighted by molar-refractivity contribution is 0.206. The van der Waals surface area contributed by atoms with Crippen LogP contribution in [0.1, 0.15) is 48.8 Å². The van der Waals surface area contributed by atoms with Gasteiger partial charge in [-0.3, -0.25) is 4.98 Å². The number of hydrogen-bond acceptors (Lipinski definition) is 4. The summed E-state index contributed by atoms with van der Waals surface area (Å²) >= 11 is 0. The van der Waals surface area contributed by atoms with Crippen LogP contribution in [0, 0.1) is 0 Å². The van der Waals surface area contributed by atoms with Crippen LogP contribution in [0.15, 0.2) is 97.3 Å². The van der Waals surface area contributed by atoms with Crippen molar-refractivity contribution in [2.24, 2.45) is 0 Å². The fourth-order valence-electron chi connectivity index (χ4n) is 5.24. The van der Waals surface area contributed by atoms with E-state index in [2.05, 4.69) is 64.1 Å². The molecule has 1 heterocycles. The number of carbonyl (C=O) groups excluding carboxylic acids is 1. The van der Waals surface area contributed by atoms with Gasteiger partial charge in [0.15, 0.2) is 0 Å². The molecule has 0 aliphatic heterocycles. The van der Waals surface area contributed by atoms with Gasteiger partial charge in [0.1, 0.15) is 5.75 Å². The third kappa shape index (κ3) is 7.70. The van der Waals surface area contributed by atoms with E-state index in [0.29, 0.717) is 24.8 Å². The zero-order valence-electron chi connectivity index (χ0n) is 23.2. The molecule has 1 saturated carbocycles. The molecule has 206 valence electrons. The Balaban J connectivity index is 1.27. The predicted molar refractivity (Wildman–Crippen MR) is 161 cm³/mol. The summed E-state index contributed by atoms with van der Waals surface area (Å²) in [6, 6.07) is 29.0. The molecule has 0 saturated heterocycles. The molecule has 6 heteroatoms. The van der Waals surface area contributed by atoms with Crippen molar-refractivity contribution in [2.75, 3.05) is 12.4 Å². The van der Waals surface area contributed by atoms with Crippen LogP contribution in [0.25, 0.3) is 11.1 Å². The number of ether oxygens (including phenoxy) is 1. The fourth-order valence-corrected chi connectivity index (χ4v) is 5.24. The zero-order valence-corrected chi connectivity index (χ0v) is 23.2. The molecule has 6 nitrogen and oxygen atoms in total. The number of carbonyl (C=O) groups is 1. The molecule has 0 spiro atoms. The van der Waals surface area contributed by atoms with Crippen molar-refractivity contribution < 1.29 is 9.53 Å². The highest BCUT2D eigenvalue weighted by molar-refractivity contribution is 5.89. The van der Waals surface area contributed by atoms with E-state index < -0.39 is 0 Å². The van der Waals surface area contributed by atoms with Gasteiger partial charge in [0.25, 0.3) is 0 Å². The van der Waals surface area contributed by atoms with E-state index in [1.807, 2.05) is 36.4 Å². The zero-order chi connectivity index (χ0) is 27.6. The normalized spacial score (nSPS) is 13.5. The maximum atomic E-state index is 13.4. The van der Waals surface area contributed by atoms with E-state index in [1.54, 1.807) is 24.4 Å². The first-order chi connectivity index (χ1) is 19.7. The molecule has 2 amide bonds. The molecule has 1 aliphatic carbocycles. The summed E-state index contributed by atoms with van der Waals surface area (Å²) in [7, 11) is 1.63. The first-order valence-electron chi connectivity index (χ1n) is 14.2. The maximum absolute atomic E-state index is 13.4. The molecule has 40 heavy (non-hydrogen) atoms. The smallest absolute Gasteiger partial charge is 0.322 e. The van der Waals surface area contributed by atoms with E-state index >= 15 is 0 Å². The quantitative estimate of drug-likeness (QED) is 0.222. The molecular weight excluding hydrogens is 496 g/mol. The van der Waals surface area contributed by atoms with Gasteiger partial charge in [0, 0.05) is 43.8 Å². The highest BCUT2D eigenvalue weighted by atomic mass is 16.5. The van der Waals surface area contributed by atoms with Crippen molar-refractivity contribution in [1.29, 1.82) is 0 Å². The lowest BCUT2D eigenvalue weighted by Crippen LogP contribution is -2.34. The minimum atomic E-state index is -0.172. The van der Waals surface area contributed by atoms with Crippen LogP contribution in [0.4, 0.5) is 10.5 Å². The second-order valence-corrected chi connectivity index (χ2v) is 10.5. The molecule has 5 rings (SSSR count). The Labute approximate surface area is 237 Å². The Kier molecular flexibility index (Phi) is 9.43. The average Bonchev–Trinajstić information content (AvgIpc) is 3.01. The molecule has 0 bridgehead atoms. The van der Waals surface area contributed by atoms with Crippen LogP contribution in [0.2, 0.25) is 0 Å². The summed E-state index contributed by atoms with van der Waals surface area (Å²) in [4.78, 5) is 19.4. The maximum Gasteiger partial charge on any atom is 0.322 e. The molecular formula is C34H38N4O2. The molecule has 2 N–H and O–H groups in total. The van der Waals surface area contributed by atoms with Crippen molar-refractivity contribution in [1.82, 2.24) is 15.2 Å². The van der Waals surface area contributed by atoms with Gasteiger partial charge in [-0.1, -0.05) is 67.8 Å². The standard InChI is InChI=1S/C34H38N4O2/c1-40-33-18-16-32(17-19-33)37-34(39)38(25-28-8-6-20-35-22-28)24-27-7-5-9-30(21-27)29-14-12-26(13-15-29)23-36-31-10-3-2-4-11-31/h5-9,12-22,31,36H,2-4,10-11,23-25H2,1H3,(H,37,39). The Bertz CT molecular complexity index is 1350. The Morgan fingerprint density at radius 2 is 1.60 bits per heavy atom. The number of pyridine rings is 1. The van der Waals surface area contributed by atoms with Crippen LogP contribution >= 0.6 is 0 Å². The monoisotopic (exact) mass is 534 g/mol. The SMILES string of the molecule is COc1ccc(NC(=O)N(Cc2cccnc2)Cc2cccc(-c3ccc(CNC4CCCCC4)cc3)c2)cc1. The topological polar surface area (TPSA) is 66.5 Å². The van der Waals surface area contributed by atoms with E-state index in [0.717, 1.165) is 29.0 Å². The summed E-state index contributed by atoms with van der Waals surface area (Å²) in [5.74, 6) is 0.746. The number of nitrogens with zero attached hydrogens (tertiary/aromatic N) is 2. The van der Waals surface area contributed by atoms with Crippen molar-refractivity contribution in [2.45, 2.75) is 57.8 Å². The molecule has 0 radical (unpaired) electrons. The largest absolute Gasteiger partial charge is 0.497 e. The molecule has 3 aromatic carbocycles. The number of nitrogens with one attached hydrogen (secondary N) is 2. The molecule has 4 aromatic rings. The first-order valence-corrected chi connectivity index (χ1v) is 14.2. The summed E-state index contributed by atoms with van der Waals surface area (Å²) < 4.78 is 5.24. The Morgan fingerprint density at radius 1 is 0.850 bits per heavy atom. The third-order valence-electron chi connectivity index (χ3n) is 7.51. The van der Waals surface area contributed by atoms with Crippen LogP contribution in [-0.2, 0) is 19.6 Å². The van der Waals surface area contributed by atoms with Crippen molar-refractivity contribution in [3.05, 3.63) is 114 Å². The van der Waals surface area contributed by atoms with Gasteiger partial charge in [-0.05, 0) is 77.1 Å². The highest BCUT2D eigenvalue weighted by Gasteiger charge is 2.16. The molecule has 0 atom stereocenters. The number of aromatic nitrogens is 1. The minimum Gasteiger partial charge on any atom is -0.497 e. The van der Waals surface area contributed by atoms with Gasteiger partial charge in [-0.2, -0.15) is 0 Å². The molecule has 0 unspecified atom stereocenters. The predicted octanol–water partition coefficient (Wildman–Crippen LogP) is 7.41. The van der Waals surface area contributed by atoms with Gasteiger partial charge >= 0.3 is 6.03 Å². The second-order valence-electron chi connectivity index (χ2n) is 10.5. The third-order valence-corrected chi connectivity index (χ3v) is 7.51. The van der Waals surface area contributed by atoms with Crippen molar-refractivity contribution in [3.8, 4) is 16.9 Å². The lowest BCUT2D eigenvalue weighted by Gasteiger charge is -2.24. The van der Waals surface area contributed by atoms with Gasteiger partial charge in [0.05, 0.1) is 7.11 Å². The fraction of sp³-hybridized carbons (Fsp3) is 0.294. The van der Waals surface area contributed by atoms with Crippen molar-refractivity contribution in [3.63, 3.8) is 0 Å². The number of benzene rings is 3. The summed E-state index contributed by atoms with van der Waals surface area (Å²) in [5, 5.41) is 6.75. The average molecular weight is 535 g/mol. The van der Waals surface area contributed by atoms with E-state index in [4.69, 9.17) is 4.74 Å². The number of rotatable bonds is 10. The van der Waals surface area contributed by atoms with Gasteiger partial charge in [0.2, 0.25) is 0 Å². The van der Waals surface area contributed by atoms with E-state index in [9.17, 15) is 4.79 Å².